The monoisotopic (exact) mass is 420 g/mol. The lowest BCUT2D eigenvalue weighted by atomic mass is 10.1. The smallest absolute Gasteiger partial charge is 0.131 e. The van der Waals surface area contributed by atoms with Crippen molar-refractivity contribution < 1.29 is 0 Å². The molecule has 5 heteroatoms. The summed E-state index contributed by atoms with van der Waals surface area (Å²) in [4.78, 5) is 16.5. The summed E-state index contributed by atoms with van der Waals surface area (Å²) in [6, 6.07) is 12.6. The molecular formula is C22H21BrN4. The molecular weight excluding hydrogens is 400 g/mol. The number of nitrogens with zero attached hydrogens (tertiary/aromatic N) is 4. The van der Waals surface area contributed by atoms with E-state index in [4.69, 9.17) is 4.98 Å². The van der Waals surface area contributed by atoms with Gasteiger partial charge >= 0.3 is 0 Å². The average molecular weight is 421 g/mol. The van der Waals surface area contributed by atoms with E-state index in [1.165, 1.54) is 29.7 Å². The summed E-state index contributed by atoms with van der Waals surface area (Å²) in [6.07, 6.45) is 7.58. The number of hydrogen-bond acceptors (Lipinski definition) is 4. The van der Waals surface area contributed by atoms with Crippen LogP contribution in [0.2, 0.25) is 0 Å². The van der Waals surface area contributed by atoms with E-state index in [-0.39, 0.29) is 0 Å². The number of pyridine rings is 1. The molecule has 1 saturated carbocycles. The van der Waals surface area contributed by atoms with E-state index >= 15 is 0 Å². The summed E-state index contributed by atoms with van der Waals surface area (Å²) in [6.45, 7) is 2.88. The van der Waals surface area contributed by atoms with Crippen LogP contribution in [0.25, 0.3) is 11.3 Å². The van der Waals surface area contributed by atoms with Crippen molar-refractivity contribution in [3.8, 4) is 11.3 Å². The molecule has 0 amide bonds. The Kier molecular flexibility index (Phi) is 4.50. The van der Waals surface area contributed by atoms with Crippen molar-refractivity contribution >= 4 is 15.9 Å². The molecule has 2 aliphatic rings. The van der Waals surface area contributed by atoms with Gasteiger partial charge < -0.3 is 0 Å². The molecule has 136 valence electrons. The van der Waals surface area contributed by atoms with E-state index in [2.05, 4.69) is 61.3 Å². The minimum Gasteiger partial charge on any atom is -0.294 e. The molecule has 1 aliphatic carbocycles. The number of hydrogen-bond donors (Lipinski definition) is 0. The van der Waals surface area contributed by atoms with Crippen molar-refractivity contribution in [2.75, 3.05) is 6.54 Å². The fourth-order valence-corrected chi connectivity index (χ4v) is 3.90. The van der Waals surface area contributed by atoms with Crippen molar-refractivity contribution in [3.63, 3.8) is 0 Å². The Labute approximate surface area is 167 Å². The van der Waals surface area contributed by atoms with E-state index in [0.717, 1.165) is 47.6 Å². The second-order valence-electron chi connectivity index (χ2n) is 7.49. The number of aromatic nitrogens is 3. The molecule has 3 aromatic rings. The van der Waals surface area contributed by atoms with Crippen LogP contribution in [-0.4, -0.2) is 26.4 Å². The first-order valence-electron chi connectivity index (χ1n) is 9.52. The van der Waals surface area contributed by atoms with E-state index < -0.39 is 0 Å². The van der Waals surface area contributed by atoms with Crippen LogP contribution in [-0.2, 0) is 19.5 Å². The molecule has 5 rings (SSSR count). The summed E-state index contributed by atoms with van der Waals surface area (Å²) in [5, 5.41) is 0. The predicted octanol–water partition coefficient (Wildman–Crippen LogP) is 4.74. The minimum atomic E-state index is 0.628. The zero-order valence-corrected chi connectivity index (χ0v) is 16.7. The molecule has 1 aliphatic heterocycles. The Bertz CT molecular complexity index is 949. The fourth-order valence-electron chi connectivity index (χ4n) is 3.63. The first-order valence-corrected chi connectivity index (χ1v) is 10.3. The fraction of sp³-hybridized carbons (Fsp3) is 0.318. The molecule has 0 saturated heterocycles. The van der Waals surface area contributed by atoms with Gasteiger partial charge in [-0.25, -0.2) is 9.97 Å². The van der Waals surface area contributed by atoms with Gasteiger partial charge in [-0.1, -0.05) is 34.1 Å². The molecule has 0 unspecified atom stereocenters. The highest BCUT2D eigenvalue weighted by Gasteiger charge is 2.28. The maximum absolute atomic E-state index is 4.81. The van der Waals surface area contributed by atoms with Crippen LogP contribution in [0.4, 0.5) is 0 Å². The second kappa shape index (κ2) is 7.13. The maximum Gasteiger partial charge on any atom is 0.131 e. The quantitative estimate of drug-likeness (QED) is 0.611. The lowest BCUT2D eigenvalue weighted by molar-refractivity contribution is 0.242. The van der Waals surface area contributed by atoms with Crippen molar-refractivity contribution in [2.24, 2.45) is 0 Å². The van der Waals surface area contributed by atoms with Crippen LogP contribution in [0.15, 0.2) is 53.3 Å². The Morgan fingerprint density at radius 2 is 1.85 bits per heavy atom. The zero-order valence-electron chi connectivity index (χ0n) is 15.1. The van der Waals surface area contributed by atoms with Crippen molar-refractivity contribution in [3.05, 3.63) is 75.9 Å². The van der Waals surface area contributed by atoms with Gasteiger partial charge in [0.25, 0.3) is 0 Å². The predicted molar refractivity (Wildman–Crippen MR) is 109 cm³/mol. The van der Waals surface area contributed by atoms with Gasteiger partial charge in [-0.05, 0) is 36.6 Å². The first kappa shape index (κ1) is 17.0. The van der Waals surface area contributed by atoms with Gasteiger partial charge in [-0.3, -0.25) is 9.88 Å². The van der Waals surface area contributed by atoms with Gasteiger partial charge in [0.15, 0.2) is 0 Å². The van der Waals surface area contributed by atoms with E-state index in [1.807, 2.05) is 18.3 Å². The minimum absolute atomic E-state index is 0.628. The van der Waals surface area contributed by atoms with Crippen LogP contribution in [0.1, 0.15) is 41.4 Å². The molecule has 0 radical (unpaired) electrons. The number of halogens is 1. The third-order valence-electron chi connectivity index (χ3n) is 5.35. The Morgan fingerprint density at radius 1 is 1.00 bits per heavy atom. The number of rotatable bonds is 4. The van der Waals surface area contributed by atoms with Crippen LogP contribution in [0, 0.1) is 0 Å². The van der Waals surface area contributed by atoms with E-state index in [1.54, 1.807) is 0 Å². The molecule has 4 nitrogen and oxygen atoms in total. The Hall–Kier alpha value is -2.11. The Morgan fingerprint density at radius 3 is 2.59 bits per heavy atom. The van der Waals surface area contributed by atoms with Crippen molar-refractivity contribution in [2.45, 2.75) is 38.3 Å². The van der Waals surface area contributed by atoms with E-state index in [0.29, 0.717) is 5.92 Å². The Balaban J connectivity index is 1.26. The maximum atomic E-state index is 4.81. The molecule has 2 aromatic heterocycles. The van der Waals surface area contributed by atoms with Crippen LogP contribution < -0.4 is 0 Å². The largest absolute Gasteiger partial charge is 0.294 e. The van der Waals surface area contributed by atoms with Gasteiger partial charge in [-0.2, -0.15) is 0 Å². The number of fused-ring (bicyclic) bond motifs is 1. The first-order chi connectivity index (χ1) is 13.2. The molecule has 1 aromatic carbocycles. The molecule has 27 heavy (non-hydrogen) atoms. The molecule has 1 fully saturated rings. The average Bonchev–Trinajstić information content (AvgIpc) is 3.54. The molecule has 0 bridgehead atoms. The third-order valence-corrected chi connectivity index (χ3v) is 5.87. The SMILES string of the molecule is Brc1ccc(-c2ccc(CN3CCc4nc(C5CC5)ncc4C3)cn2)cc1. The van der Waals surface area contributed by atoms with Crippen LogP contribution in [0.5, 0.6) is 0 Å². The number of benzene rings is 1. The summed E-state index contributed by atoms with van der Waals surface area (Å²) in [5.74, 6) is 1.69. The van der Waals surface area contributed by atoms with Crippen molar-refractivity contribution in [1.29, 1.82) is 0 Å². The highest BCUT2D eigenvalue weighted by atomic mass is 79.9. The summed E-state index contributed by atoms with van der Waals surface area (Å²) < 4.78 is 1.08. The van der Waals surface area contributed by atoms with Crippen LogP contribution >= 0.6 is 15.9 Å². The van der Waals surface area contributed by atoms with Gasteiger partial charge in [0.2, 0.25) is 0 Å². The van der Waals surface area contributed by atoms with Gasteiger partial charge in [0, 0.05) is 65.7 Å². The normalized spacial score (nSPS) is 16.9. The molecule has 0 atom stereocenters. The lowest BCUT2D eigenvalue weighted by Gasteiger charge is -2.28. The highest BCUT2D eigenvalue weighted by Crippen LogP contribution is 2.38. The highest BCUT2D eigenvalue weighted by molar-refractivity contribution is 9.10. The molecule has 0 N–H and O–H groups in total. The second-order valence-corrected chi connectivity index (χ2v) is 8.41. The van der Waals surface area contributed by atoms with Crippen molar-refractivity contribution in [1.82, 2.24) is 19.9 Å². The summed E-state index contributed by atoms with van der Waals surface area (Å²) in [5.41, 5.74) is 5.93. The summed E-state index contributed by atoms with van der Waals surface area (Å²) >= 11 is 3.48. The van der Waals surface area contributed by atoms with Gasteiger partial charge in [0.05, 0.1) is 5.69 Å². The van der Waals surface area contributed by atoms with E-state index in [9.17, 15) is 0 Å². The standard InChI is InChI=1S/C22H21BrN4/c23-19-6-4-16(5-7-19)20-8-1-15(11-24-20)13-27-10-9-21-18(14-27)12-25-22(26-21)17-2-3-17/h1,4-8,11-12,17H,2-3,9-10,13-14H2. The van der Waals surface area contributed by atoms with Crippen LogP contribution in [0.3, 0.4) is 0 Å². The summed E-state index contributed by atoms with van der Waals surface area (Å²) in [7, 11) is 0. The molecule has 3 heterocycles. The topological polar surface area (TPSA) is 41.9 Å². The van der Waals surface area contributed by atoms with Gasteiger partial charge in [-0.15, -0.1) is 0 Å². The van der Waals surface area contributed by atoms with Gasteiger partial charge in [0.1, 0.15) is 5.82 Å². The molecule has 0 spiro atoms. The zero-order chi connectivity index (χ0) is 18.2. The lowest BCUT2D eigenvalue weighted by Crippen LogP contribution is -2.31. The third kappa shape index (κ3) is 3.80.